The average Bonchev–Trinajstić information content (AvgIpc) is 3.87. The summed E-state index contributed by atoms with van der Waals surface area (Å²) in [6.07, 6.45) is 0. The first-order chi connectivity index (χ1) is 23.8. The molecule has 0 aliphatic heterocycles. The molecule has 0 saturated carbocycles. The van der Waals surface area contributed by atoms with Gasteiger partial charge in [0.2, 0.25) is 5.95 Å². The van der Waals surface area contributed by atoms with Crippen LogP contribution in [-0.2, 0) is 0 Å². The zero-order valence-corrected chi connectivity index (χ0v) is 25.7. The molecule has 6 heteroatoms. The largest absolute Gasteiger partial charge is 0.294 e. The van der Waals surface area contributed by atoms with E-state index in [0.29, 0.717) is 5.95 Å². The van der Waals surface area contributed by atoms with Gasteiger partial charge in [0.05, 0.1) is 44.3 Å². The summed E-state index contributed by atoms with van der Waals surface area (Å²) >= 11 is 0. The summed E-state index contributed by atoms with van der Waals surface area (Å²) in [6, 6.07) is 55.8. The van der Waals surface area contributed by atoms with E-state index in [1.807, 2.05) is 12.1 Å². The van der Waals surface area contributed by atoms with Crippen molar-refractivity contribution in [3.8, 4) is 22.9 Å². The fourth-order valence-electron chi connectivity index (χ4n) is 7.69. The van der Waals surface area contributed by atoms with E-state index < -0.39 is 0 Å². The molecule has 0 atom stereocenters. The molecule has 0 fully saturated rings. The van der Waals surface area contributed by atoms with Crippen molar-refractivity contribution in [2.75, 3.05) is 0 Å². The van der Waals surface area contributed by atoms with Gasteiger partial charge in [-0.15, -0.1) is 0 Å². The molecule has 6 nitrogen and oxygen atoms in total. The summed E-state index contributed by atoms with van der Waals surface area (Å²) in [5.41, 5.74) is 13.0. The molecule has 0 N–H and O–H groups in total. The maximum absolute atomic E-state index is 5.29. The lowest BCUT2D eigenvalue weighted by atomic mass is 10.1. The van der Waals surface area contributed by atoms with Gasteiger partial charge in [0, 0.05) is 27.4 Å². The summed E-state index contributed by atoms with van der Waals surface area (Å²) in [7, 11) is 0. The van der Waals surface area contributed by atoms with E-state index in [2.05, 4.69) is 164 Å². The summed E-state index contributed by atoms with van der Waals surface area (Å²) in [5, 5.41) is 3.43. The van der Waals surface area contributed by atoms with Crippen LogP contribution < -0.4 is 0 Å². The third kappa shape index (κ3) is 3.40. The minimum absolute atomic E-state index is 0.648. The molecular formula is C42H26N6. The number of fused-ring (bicyclic) bond motifs is 11. The van der Waals surface area contributed by atoms with Crippen molar-refractivity contribution in [1.29, 1.82) is 0 Å². The monoisotopic (exact) mass is 614 g/mol. The van der Waals surface area contributed by atoms with Crippen LogP contribution in [0, 0.1) is 0 Å². The van der Waals surface area contributed by atoms with E-state index in [9.17, 15) is 0 Å². The lowest BCUT2D eigenvalue weighted by Gasteiger charge is -2.11. The molecule has 6 aromatic carbocycles. The van der Waals surface area contributed by atoms with Crippen molar-refractivity contribution >= 4 is 66.1 Å². The van der Waals surface area contributed by atoms with Crippen LogP contribution >= 0.6 is 0 Å². The Labute approximate surface area is 274 Å². The van der Waals surface area contributed by atoms with E-state index in [-0.39, 0.29) is 0 Å². The quantitative estimate of drug-likeness (QED) is 0.199. The molecule has 11 rings (SSSR count). The fourth-order valence-corrected chi connectivity index (χ4v) is 7.69. The zero-order valence-electron chi connectivity index (χ0n) is 25.7. The van der Waals surface area contributed by atoms with Crippen LogP contribution in [-0.4, -0.2) is 27.9 Å². The predicted molar refractivity (Wildman–Crippen MR) is 196 cm³/mol. The molecule has 0 amide bonds. The van der Waals surface area contributed by atoms with Gasteiger partial charge in [-0.05, 0) is 60.7 Å². The first-order valence-electron chi connectivity index (χ1n) is 16.2. The topological polar surface area (TPSA) is 44.5 Å². The molecule has 224 valence electrons. The van der Waals surface area contributed by atoms with Crippen LogP contribution in [0.15, 0.2) is 158 Å². The van der Waals surface area contributed by atoms with Crippen molar-refractivity contribution in [2.45, 2.75) is 0 Å². The van der Waals surface area contributed by atoms with Crippen LogP contribution in [0.25, 0.3) is 89.0 Å². The lowest BCUT2D eigenvalue weighted by molar-refractivity contribution is 1.00. The third-order valence-corrected chi connectivity index (χ3v) is 9.74. The van der Waals surface area contributed by atoms with Crippen molar-refractivity contribution in [3.63, 3.8) is 0 Å². The number of rotatable bonds is 3. The van der Waals surface area contributed by atoms with Gasteiger partial charge in [-0.3, -0.25) is 17.9 Å². The summed E-state index contributed by atoms with van der Waals surface area (Å²) in [6.45, 7) is 0. The van der Waals surface area contributed by atoms with Gasteiger partial charge in [-0.25, -0.2) is 9.97 Å². The molecule has 48 heavy (non-hydrogen) atoms. The molecular weight excluding hydrogens is 589 g/mol. The molecule has 0 unspecified atom stereocenters. The van der Waals surface area contributed by atoms with E-state index in [1.54, 1.807) is 0 Å². The maximum Gasteiger partial charge on any atom is 0.237 e. The Morgan fingerprint density at radius 3 is 1.75 bits per heavy atom. The van der Waals surface area contributed by atoms with Gasteiger partial charge in [0.1, 0.15) is 11.3 Å². The van der Waals surface area contributed by atoms with E-state index >= 15 is 0 Å². The van der Waals surface area contributed by atoms with Crippen LogP contribution in [0.1, 0.15) is 0 Å². The van der Waals surface area contributed by atoms with Gasteiger partial charge in [0.25, 0.3) is 0 Å². The summed E-state index contributed by atoms with van der Waals surface area (Å²) in [5.74, 6) is 0.648. The predicted octanol–water partition coefficient (Wildman–Crippen LogP) is 10.00. The smallest absolute Gasteiger partial charge is 0.237 e. The molecule has 0 aliphatic rings. The highest BCUT2D eigenvalue weighted by molar-refractivity contribution is 6.00. The van der Waals surface area contributed by atoms with E-state index in [0.717, 1.165) is 61.2 Å². The summed E-state index contributed by atoms with van der Waals surface area (Å²) in [4.78, 5) is 10.5. The molecule has 0 saturated heterocycles. The number of aromatic nitrogens is 6. The van der Waals surface area contributed by atoms with Gasteiger partial charge in [-0.2, -0.15) is 0 Å². The molecule has 0 aliphatic carbocycles. The standard InChI is InChI=1S/C42H26N6/c1-2-12-27(13-3-1)41-31-16-6-7-17-32(31)43-42(44-41)48-37-23-22-30(26-38(37)47-34-19-9-5-15-29(34)25-40(47)48)45-35-20-10-11-21-36(35)46-33-18-8-4-14-28(33)24-39(45)46/h1-26H. The van der Waals surface area contributed by atoms with Crippen LogP contribution in [0.2, 0.25) is 0 Å². The van der Waals surface area contributed by atoms with Gasteiger partial charge >= 0.3 is 0 Å². The number of nitrogens with zero attached hydrogens (tertiary/aromatic N) is 6. The Morgan fingerprint density at radius 2 is 0.979 bits per heavy atom. The highest BCUT2D eigenvalue weighted by atomic mass is 15.2. The Morgan fingerprint density at radius 1 is 0.396 bits per heavy atom. The minimum Gasteiger partial charge on any atom is -0.294 e. The normalized spacial score (nSPS) is 12.2. The van der Waals surface area contributed by atoms with Crippen molar-refractivity contribution in [2.24, 2.45) is 0 Å². The second kappa shape index (κ2) is 9.44. The molecule has 5 heterocycles. The second-order valence-electron chi connectivity index (χ2n) is 12.4. The maximum atomic E-state index is 5.29. The first-order valence-corrected chi connectivity index (χ1v) is 16.2. The Kier molecular flexibility index (Phi) is 5.02. The third-order valence-electron chi connectivity index (χ3n) is 9.74. The molecule has 0 spiro atoms. The minimum atomic E-state index is 0.648. The van der Waals surface area contributed by atoms with E-state index in [1.165, 1.54) is 21.8 Å². The van der Waals surface area contributed by atoms with Gasteiger partial charge in [-0.1, -0.05) is 97.1 Å². The average molecular weight is 615 g/mol. The highest BCUT2D eigenvalue weighted by Gasteiger charge is 2.21. The molecule has 0 bridgehead atoms. The number of imidazole rings is 2. The number of para-hydroxylation sites is 5. The molecule has 0 radical (unpaired) electrons. The Hall–Kier alpha value is -6.66. The summed E-state index contributed by atoms with van der Waals surface area (Å²) < 4.78 is 9.32. The van der Waals surface area contributed by atoms with E-state index in [4.69, 9.17) is 9.97 Å². The van der Waals surface area contributed by atoms with Crippen LogP contribution in [0.4, 0.5) is 0 Å². The number of benzene rings is 6. The van der Waals surface area contributed by atoms with Crippen LogP contribution in [0.3, 0.4) is 0 Å². The van der Waals surface area contributed by atoms with Gasteiger partial charge in [0.15, 0.2) is 0 Å². The van der Waals surface area contributed by atoms with Crippen molar-refractivity contribution < 1.29 is 0 Å². The zero-order chi connectivity index (χ0) is 31.3. The fraction of sp³-hybridized carbons (Fsp3) is 0. The SMILES string of the molecule is c1ccc(-c2nc(-n3c4ccc(-n5c6ccccc6n6c7ccccc7cc56)cc4n4c5ccccc5cc34)nc3ccccc23)cc1. The molecule has 5 aromatic heterocycles. The highest BCUT2D eigenvalue weighted by Crippen LogP contribution is 2.36. The first kappa shape index (κ1) is 25.5. The molecule has 11 aromatic rings. The lowest BCUT2D eigenvalue weighted by Crippen LogP contribution is -2.03. The van der Waals surface area contributed by atoms with Crippen molar-refractivity contribution in [1.82, 2.24) is 27.9 Å². The number of hydrogen-bond donors (Lipinski definition) is 0. The Balaban J connectivity index is 1.25. The number of hydrogen-bond acceptors (Lipinski definition) is 2. The second-order valence-corrected chi connectivity index (χ2v) is 12.4. The Bertz CT molecular complexity index is 3060. The van der Waals surface area contributed by atoms with Gasteiger partial charge < -0.3 is 0 Å². The van der Waals surface area contributed by atoms with Crippen LogP contribution in [0.5, 0.6) is 0 Å². The van der Waals surface area contributed by atoms with Crippen molar-refractivity contribution in [3.05, 3.63) is 158 Å².